The quantitative estimate of drug-likeness (QED) is 0.632. The Hall–Kier alpha value is 0.260. The van der Waals surface area contributed by atoms with Gasteiger partial charge in [-0.15, -0.1) is 0 Å². The standard InChI is InChI=1S/C3H6N4P3/c1-3-2-7(3)10-6-4-5-8-9-10/h3H,2H2,1H3/q+1. The van der Waals surface area contributed by atoms with E-state index in [0.717, 1.165) is 14.1 Å². The largest absolute Gasteiger partial charge is 0.342 e. The number of nitrogens with zero attached hydrogens (tertiary/aromatic N) is 4. The van der Waals surface area contributed by atoms with Crippen LogP contribution in [0.5, 0.6) is 0 Å². The molecule has 0 bridgehead atoms. The second-order valence-corrected chi connectivity index (χ2v) is 7.71. The lowest BCUT2D eigenvalue weighted by molar-refractivity contribution is 0.981. The molecule has 0 amide bonds. The summed E-state index contributed by atoms with van der Waals surface area (Å²) in [6, 6.07) is 0.742. The summed E-state index contributed by atoms with van der Waals surface area (Å²) < 4.78 is 2.38. The Morgan fingerprint density at radius 2 is 2.50 bits per heavy atom. The normalized spacial score (nSPS) is 33.5. The number of hydrogen-bond acceptors (Lipinski definition) is 4. The van der Waals surface area contributed by atoms with E-state index in [1.807, 2.05) is 0 Å². The molecule has 2 rings (SSSR count). The molecule has 52 valence electrons. The number of hydrogen-bond donors (Lipinski definition) is 0. The Kier molecular flexibility index (Phi) is 1.88. The third kappa shape index (κ3) is 1.31. The summed E-state index contributed by atoms with van der Waals surface area (Å²) in [6.45, 7) is 3.42. The van der Waals surface area contributed by atoms with Gasteiger partial charge in [0.25, 0.3) is 15.1 Å². The highest BCUT2D eigenvalue weighted by molar-refractivity contribution is 8.20. The van der Waals surface area contributed by atoms with Crippen LogP contribution in [0.3, 0.4) is 0 Å². The smallest absolute Gasteiger partial charge is 0.165 e. The average molecular weight is 191 g/mol. The van der Waals surface area contributed by atoms with Crippen molar-refractivity contribution in [2.75, 3.05) is 11.2 Å². The molecule has 1 saturated heterocycles. The van der Waals surface area contributed by atoms with Gasteiger partial charge in [-0.3, -0.25) is 0 Å². The molecule has 3 atom stereocenters. The minimum atomic E-state index is -0.301. The first-order chi connectivity index (χ1) is 4.88. The van der Waals surface area contributed by atoms with Crippen LogP contribution < -0.4 is 4.67 Å². The summed E-state index contributed by atoms with van der Waals surface area (Å²) in [5, 5.41) is 3.67. The Morgan fingerprint density at radius 3 is 3.00 bits per heavy atom. The maximum Gasteiger partial charge on any atom is 0.342 e. The van der Waals surface area contributed by atoms with E-state index in [0.29, 0.717) is 0 Å². The zero-order valence-electron chi connectivity index (χ0n) is 5.41. The summed E-state index contributed by atoms with van der Waals surface area (Å²) in [5.41, 5.74) is 0. The first kappa shape index (κ1) is 6.94. The average Bonchev–Trinajstić information content (AvgIpc) is 2.69. The predicted molar refractivity (Wildman–Crippen MR) is 44.5 cm³/mol. The highest BCUT2D eigenvalue weighted by Gasteiger charge is 2.38. The van der Waals surface area contributed by atoms with Crippen molar-refractivity contribution < 1.29 is 0 Å². The van der Waals surface area contributed by atoms with E-state index in [2.05, 4.69) is 26.5 Å². The molecule has 1 fully saturated rings. The van der Waals surface area contributed by atoms with Gasteiger partial charge in [0.15, 0.2) is 0 Å². The number of aromatic nitrogens is 3. The first-order valence-corrected chi connectivity index (χ1v) is 7.36. The van der Waals surface area contributed by atoms with E-state index in [1.54, 1.807) is 0 Å². The van der Waals surface area contributed by atoms with Crippen LogP contribution in [-0.4, -0.2) is 27.5 Å². The molecule has 0 radical (unpaired) electrons. The Balaban J connectivity index is 2.20. The Bertz CT molecular complexity index is 228. The summed E-state index contributed by atoms with van der Waals surface area (Å²) in [4.78, 5) is 7.84. The van der Waals surface area contributed by atoms with Gasteiger partial charge in [0.2, 0.25) is 0 Å². The lowest BCUT2D eigenvalue weighted by atomic mass is 10.6. The van der Waals surface area contributed by atoms with Gasteiger partial charge in [-0.2, -0.15) is 4.67 Å². The van der Waals surface area contributed by atoms with Crippen LogP contribution >= 0.6 is 23.1 Å². The molecule has 1 aromatic heterocycles. The Morgan fingerprint density at radius 1 is 1.70 bits per heavy atom. The fourth-order valence-electron chi connectivity index (χ4n) is 0.719. The van der Waals surface area contributed by atoms with E-state index >= 15 is 0 Å². The first-order valence-electron chi connectivity index (χ1n) is 2.96. The van der Waals surface area contributed by atoms with Crippen molar-refractivity contribution in [1.29, 1.82) is 0 Å². The summed E-state index contributed by atoms with van der Waals surface area (Å²) >= 11 is 0. The van der Waals surface area contributed by atoms with Crippen molar-refractivity contribution >= 4 is 23.1 Å². The van der Waals surface area contributed by atoms with E-state index < -0.39 is 0 Å². The lowest BCUT2D eigenvalue weighted by Gasteiger charge is -1.83. The van der Waals surface area contributed by atoms with Gasteiger partial charge in [0.05, 0.1) is 0 Å². The van der Waals surface area contributed by atoms with Gasteiger partial charge in [-0.25, -0.2) is 0 Å². The maximum absolute atomic E-state index is 4.07. The molecular formula is C3H6N4P3+. The minimum absolute atomic E-state index is 0.301. The fraction of sp³-hybridized carbons (Fsp3) is 1.00. The molecule has 2 heterocycles. The van der Waals surface area contributed by atoms with Gasteiger partial charge >= 0.3 is 8.03 Å². The second kappa shape index (κ2) is 2.71. The zero-order chi connectivity index (χ0) is 6.97. The summed E-state index contributed by atoms with van der Waals surface area (Å²) in [6.07, 6.45) is 0. The highest BCUT2D eigenvalue weighted by Crippen LogP contribution is 2.45. The van der Waals surface area contributed by atoms with Crippen LogP contribution in [0.15, 0.2) is 0 Å². The zero-order valence-corrected chi connectivity index (χ0v) is 8.10. The van der Waals surface area contributed by atoms with Crippen LogP contribution in [-0.2, 0) is 0 Å². The molecule has 0 N–H and O–H groups in total. The van der Waals surface area contributed by atoms with Crippen LogP contribution in [0.2, 0.25) is 0 Å². The second-order valence-electron chi connectivity index (χ2n) is 2.19. The third-order valence-corrected chi connectivity index (χ3v) is 7.08. The molecule has 0 aromatic carbocycles. The topological polar surface area (TPSA) is 41.7 Å². The third-order valence-electron chi connectivity index (χ3n) is 1.38. The van der Waals surface area contributed by atoms with Crippen molar-refractivity contribution in [3.05, 3.63) is 0 Å². The molecule has 10 heavy (non-hydrogen) atoms. The van der Waals surface area contributed by atoms with Gasteiger partial charge in [-0.05, 0) is 11.8 Å². The van der Waals surface area contributed by atoms with Crippen molar-refractivity contribution in [2.45, 2.75) is 13.0 Å². The molecule has 1 aromatic rings. The van der Waals surface area contributed by atoms with E-state index in [9.17, 15) is 0 Å². The van der Waals surface area contributed by atoms with Gasteiger partial charge in [0.1, 0.15) is 0 Å². The molecule has 7 heteroatoms. The molecular weight excluding hydrogens is 185 g/mol. The van der Waals surface area contributed by atoms with Crippen molar-refractivity contribution in [3.63, 3.8) is 0 Å². The van der Waals surface area contributed by atoms with Crippen LogP contribution in [0, 0.1) is 0 Å². The molecule has 0 aliphatic carbocycles. The molecule has 3 unspecified atom stereocenters. The van der Waals surface area contributed by atoms with Crippen molar-refractivity contribution in [3.8, 4) is 0 Å². The molecule has 0 spiro atoms. The van der Waals surface area contributed by atoms with Crippen molar-refractivity contribution in [1.82, 2.24) is 14.9 Å². The summed E-state index contributed by atoms with van der Waals surface area (Å²) in [7, 11) is 2.08. The summed E-state index contributed by atoms with van der Waals surface area (Å²) in [5.74, 6) is 0. The van der Waals surface area contributed by atoms with E-state index in [4.69, 9.17) is 0 Å². The SMILES string of the molecule is CC1CN1[p+]1nnnpp1. The molecule has 1 aliphatic heterocycles. The van der Waals surface area contributed by atoms with Crippen LogP contribution in [0.4, 0.5) is 0 Å². The van der Waals surface area contributed by atoms with Crippen molar-refractivity contribution in [2.24, 2.45) is 0 Å². The molecule has 0 saturated carbocycles. The fourth-order valence-corrected chi connectivity index (χ4v) is 5.97. The molecule has 1 aliphatic rings. The lowest BCUT2D eigenvalue weighted by Crippen LogP contribution is -1.89. The van der Waals surface area contributed by atoms with Crippen LogP contribution in [0.1, 0.15) is 6.92 Å². The monoisotopic (exact) mass is 191 g/mol. The maximum atomic E-state index is 4.07. The van der Waals surface area contributed by atoms with Crippen LogP contribution in [0.25, 0.3) is 0 Å². The van der Waals surface area contributed by atoms with E-state index in [1.165, 1.54) is 14.1 Å². The van der Waals surface area contributed by atoms with Gasteiger partial charge in [-0.1, -0.05) is 0 Å². The van der Waals surface area contributed by atoms with Gasteiger partial charge in [0, 0.05) is 22.7 Å². The highest BCUT2D eigenvalue weighted by atomic mass is 32.2. The predicted octanol–water partition coefficient (Wildman–Crippen LogP) is 1.64. The molecule has 4 nitrogen and oxygen atoms in total. The Labute approximate surface area is 62.9 Å². The van der Waals surface area contributed by atoms with E-state index in [-0.39, 0.29) is 7.52 Å². The number of rotatable bonds is 1. The minimum Gasteiger partial charge on any atom is -0.165 e. The van der Waals surface area contributed by atoms with Gasteiger partial charge < -0.3 is 0 Å².